The van der Waals surface area contributed by atoms with E-state index in [1.54, 1.807) is 11.8 Å². The first-order valence-electron chi connectivity index (χ1n) is 8.46. The Kier molecular flexibility index (Phi) is 3.84. The van der Waals surface area contributed by atoms with Gasteiger partial charge in [-0.3, -0.25) is 9.69 Å². The molecule has 0 bridgehead atoms. The third kappa shape index (κ3) is 2.71. The molecule has 0 saturated heterocycles. The molecule has 1 aliphatic rings. The molecule has 1 amide bonds. The van der Waals surface area contributed by atoms with Crippen molar-refractivity contribution in [2.45, 2.75) is 32.4 Å². The van der Waals surface area contributed by atoms with Gasteiger partial charge < -0.3 is 0 Å². The first-order valence-corrected chi connectivity index (χ1v) is 8.46. The smallest absolute Gasteiger partial charge is 0.231 e. The molecule has 0 spiro atoms. The number of rotatable bonds is 2. The molecule has 1 aliphatic heterocycles. The monoisotopic (exact) mass is 332 g/mol. The molecule has 25 heavy (non-hydrogen) atoms. The van der Waals surface area contributed by atoms with Gasteiger partial charge in [-0.05, 0) is 24.5 Å². The van der Waals surface area contributed by atoms with Crippen LogP contribution in [0.3, 0.4) is 0 Å². The summed E-state index contributed by atoms with van der Waals surface area (Å²) in [6.45, 7) is 3.66. The van der Waals surface area contributed by atoms with Crippen molar-refractivity contribution in [2.24, 2.45) is 0 Å². The maximum Gasteiger partial charge on any atom is 0.231 e. The molecule has 5 nitrogen and oxygen atoms in total. The lowest BCUT2D eigenvalue weighted by molar-refractivity contribution is -0.117. The highest BCUT2D eigenvalue weighted by molar-refractivity contribution is 5.90. The molecule has 2 heterocycles. The van der Waals surface area contributed by atoms with Crippen molar-refractivity contribution >= 4 is 11.9 Å². The molecule has 126 valence electrons. The summed E-state index contributed by atoms with van der Waals surface area (Å²) in [6, 6.07) is 18.6. The van der Waals surface area contributed by atoms with Gasteiger partial charge in [0, 0.05) is 6.92 Å². The summed E-state index contributed by atoms with van der Waals surface area (Å²) in [5, 5.41) is 4.41. The summed E-state index contributed by atoms with van der Waals surface area (Å²) in [5.74, 6) is 0.587. The lowest BCUT2D eigenvalue weighted by atomic mass is 9.91. The second-order valence-electron chi connectivity index (χ2n) is 6.48. The predicted molar refractivity (Wildman–Crippen MR) is 96.3 cm³/mol. The second kappa shape index (κ2) is 6.16. The maximum atomic E-state index is 12.4. The molecule has 0 unspecified atom stereocenters. The van der Waals surface area contributed by atoms with E-state index in [1.165, 1.54) is 17.5 Å². The number of aromatic nitrogens is 3. The van der Waals surface area contributed by atoms with E-state index in [4.69, 9.17) is 0 Å². The summed E-state index contributed by atoms with van der Waals surface area (Å²) >= 11 is 0. The Morgan fingerprint density at radius 3 is 2.36 bits per heavy atom. The van der Waals surface area contributed by atoms with Crippen LogP contribution in [0.5, 0.6) is 0 Å². The van der Waals surface area contributed by atoms with Crippen molar-refractivity contribution in [3.8, 4) is 0 Å². The molecule has 2 aromatic carbocycles. The largest absolute Gasteiger partial charge is 0.275 e. The number of nitrogens with zero attached hydrogens (tertiary/aromatic N) is 4. The molecule has 0 saturated carbocycles. The molecular formula is C20H20N4O. The third-order valence-corrected chi connectivity index (χ3v) is 4.81. The van der Waals surface area contributed by atoms with E-state index in [2.05, 4.69) is 53.4 Å². The van der Waals surface area contributed by atoms with Gasteiger partial charge in [-0.25, -0.2) is 4.68 Å². The fourth-order valence-corrected chi connectivity index (χ4v) is 3.58. The Morgan fingerprint density at radius 2 is 1.68 bits per heavy atom. The molecule has 0 fully saturated rings. The van der Waals surface area contributed by atoms with Crippen LogP contribution in [0.15, 0.2) is 60.9 Å². The minimum absolute atomic E-state index is 0.0227. The first-order chi connectivity index (χ1) is 12.1. The van der Waals surface area contributed by atoms with Crippen LogP contribution in [0, 0.1) is 6.92 Å². The average molecular weight is 332 g/mol. The topological polar surface area (TPSA) is 51.0 Å². The Morgan fingerprint density at radius 1 is 1.00 bits per heavy atom. The van der Waals surface area contributed by atoms with Crippen LogP contribution >= 0.6 is 0 Å². The van der Waals surface area contributed by atoms with Crippen molar-refractivity contribution in [1.29, 1.82) is 0 Å². The predicted octanol–water partition coefficient (Wildman–Crippen LogP) is 3.67. The molecule has 1 aromatic heterocycles. The van der Waals surface area contributed by atoms with E-state index in [9.17, 15) is 4.79 Å². The minimum atomic E-state index is -0.0540. The van der Waals surface area contributed by atoms with Crippen LogP contribution in [0.2, 0.25) is 0 Å². The lowest BCUT2D eigenvalue weighted by Gasteiger charge is -2.38. The lowest BCUT2D eigenvalue weighted by Crippen LogP contribution is -2.41. The molecule has 0 radical (unpaired) electrons. The first kappa shape index (κ1) is 15.6. The van der Waals surface area contributed by atoms with Gasteiger partial charge >= 0.3 is 0 Å². The molecule has 0 aliphatic carbocycles. The van der Waals surface area contributed by atoms with Gasteiger partial charge in [0.05, 0.1) is 12.1 Å². The van der Waals surface area contributed by atoms with Gasteiger partial charge in [-0.1, -0.05) is 60.2 Å². The van der Waals surface area contributed by atoms with E-state index < -0.39 is 0 Å². The van der Waals surface area contributed by atoms with Crippen molar-refractivity contribution in [3.63, 3.8) is 0 Å². The molecular weight excluding hydrogens is 312 g/mol. The fraction of sp³-hybridized carbons (Fsp3) is 0.250. The standard InChI is InChI=1S/C20H20N4O/c1-14-8-10-17(11-9-14)19-12-18(16-6-4-3-5-7-16)23(15(2)25)20-21-13-22-24(19)20/h3-11,13,18-19H,12H2,1-2H3/t18-,19-/m1/s1. The zero-order chi connectivity index (χ0) is 17.4. The van der Waals surface area contributed by atoms with E-state index >= 15 is 0 Å². The molecule has 4 rings (SSSR count). The van der Waals surface area contributed by atoms with Gasteiger partial charge in [-0.15, -0.1) is 0 Å². The van der Waals surface area contributed by atoms with Gasteiger partial charge in [-0.2, -0.15) is 10.1 Å². The van der Waals surface area contributed by atoms with E-state index in [0.29, 0.717) is 5.95 Å². The van der Waals surface area contributed by atoms with Crippen molar-refractivity contribution in [1.82, 2.24) is 14.8 Å². The maximum absolute atomic E-state index is 12.4. The number of anilines is 1. The van der Waals surface area contributed by atoms with Crippen LogP contribution in [0.25, 0.3) is 0 Å². The number of aryl methyl sites for hydroxylation is 1. The average Bonchev–Trinajstić information content (AvgIpc) is 3.11. The quantitative estimate of drug-likeness (QED) is 0.719. The number of carbonyl (C=O) groups excluding carboxylic acids is 1. The molecule has 3 aromatic rings. The fourth-order valence-electron chi connectivity index (χ4n) is 3.58. The van der Waals surface area contributed by atoms with Gasteiger partial charge in [0.15, 0.2) is 0 Å². The Labute approximate surface area is 146 Å². The summed E-state index contributed by atoms with van der Waals surface area (Å²) in [5.41, 5.74) is 3.52. The number of hydrogen-bond acceptors (Lipinski definition) is 3. The number of benzene rings is 2. The minimum Gasteiger partial charge on any atom is -0.275 e. The summed E-state index contributed by atoms with van der Waals surface area (Å²) in [6.07, 6.45) is 2.29. The number of hydrogen-bond donors (Lipinski definition) is 0. The van der Waals surface area contributed by atoms with Crippen molar-refractivity contribution in [2.75, 3.05) is 4.90 Å². The third-order valence-electron chi connectivity index (χ3n) is 4.81. The van der Waals surface area contributed by atoms with Crippen molar-refractivity contribution in [3.05, 3.63) is 77.6 Å². The van der Waals surface area contributed by atoms with Crippen LogP contribution in [-0.4, -0.2) is 20.7 Å². The van der Waals surface area contributed by atoms with E-state index in [0.717, 1.165) is 12.0 Å². The van der Waals surface area contributed by atoms with Crippen LogP contribution in [0.1, 0.15) is 42.1 Å². The molecule has 2 atom stereocenters. The second-order valence-corrected chi connectivity index (χ2v) is 6.48. The SMILES string of the molecule is CC(=O)N1c2ncnn2[C@@H](c2ccc(C)cc2)C[C@@H]1c1ccccc1. The van der Waals surface area contributed by atoms with Crippen molar-refractivity contribution < 1.29 is 4.79 Å². The highest BCUT2D eigenvalue weighted by atomic mass is 16.2. The molecule has 5 heteroatoms. The van der Waals surface area contributed by atoms with Gasteiger partial charge in [0.25, 0.3) is 0 Å². The van der Waals surface area contributed by atoms with Crippen LogP contribution in [0.4, 0.5) is 5.95 Å². The number of amides is 1. The van der Waals surface area contributed by atoms with Gasteiger partial charge in [0.1, 0.15) is 6.33 Å². The zero-order valence-corrected chi connectivity index (χ0v) is 14.3. The zero-order valence-electron chi connectivity index (χ0n) is 14.3. The highest BCUT2D eigenvalue weighted by Crippen LogP contribution is 2.41. The van der Waals surface area contributed by atoms with E-state index in [-0.39, 0.29) is 18.0 Å². The molecule has 0 N–H and O–H groups in total. The number of carbonyl (C=O) groups is 1. The Hall–Kier alpha value is -2.95. The normalized spacial score (nSPS) is 19.5. The highest BCUT2D eigenvalue weighted by Gasteiger charge is 2.37. The Balaban J connectivity index is 1.83. The number of fused-ring (bicyclic) bond motifs is 1. The summed E-state index contributed by atoms with van der Waals surface area (Å²) in [7, 11) is 0. The Bertz CT molecular complexity index is 886. The van der Waals surface area contributed by atoms with Gasteiger partial charge in [0.2, 0.25) is 11.9 Å². The van der Waals surface area contributed by atoms with Crippen LogP contribution < -0.4 is 4.90 Å². The van der Waals surface area contributed by atoms with Crippen LogP contribution in [-0.2, 0) is 4.79 Å². The summed E-state index contributed by atoms with van der Waals surface area (Å²) < 4.78 is 1.87. The summed E-state index contributed by atoms with van der Waals surface area (Å²) in [4.78, 5) is 18.5. The van der Waals surface area contributed by atoms with E-state index in [1.807, 2.05) is 22.9 Å².